The van der Waals surface area contributed by atoms with Gasteiger partial charge >= 0.3 is 0 Å². The number of imidazole rings is 1. The number of nitrogens with zero attached hydrogens (tertiary/aromatic N) is 2. The summed E-state index contributed by atoms with van der Waals surface area (Å²) in [7, 11) is 0. The predicted molar refractivity (Wildman–Crippen MR) is 85.5 cm³/mol. The quantitative estimate of drug-likeness (QED) is 0.573. The Bertz CT molecular complexity index is 913. The lowest BCUT2D eigenvalue weighted by atomic mass is 10.2. The number of nitrogens with one attached hydrogen (secondary N) is 1. The highest BCUT2D eigenvalue weighted by atomic mass is 32.2. The van der Waals surface area contributed by atoms with Crippen molar-refractivity contribution in [2.75, 3.05) is 5.32 Å². The first kappa shape index (κ1) is 16.4. The van der Waals surface area contributed by atoms with Gasteiger partial charge in [0.15, 0.2) is 22.6 Å². The number of anilines is 1. The molecule has 2 aromatic heterocycles. The number of amides is 1. The van der Waals surface area contributed by atoms with Crippen molar-refractivity contribution in [3.63, 3.8) is 0 Å². The molecule has 0 bridgehead atoms. The Morgan fingerprint density at radius 1 is 1.21 bits per heavy atom. The Morgan fingerprint density at radius 2 is 2.00 bits per heavy atom. The number of halogens is 3. The molecule has 0 aliphatic rings. The summed E-state index contributed by atoms with van der Waals surface area (Å²) in [5, 5.41) is 2.23. The summed E-state index contributed by atoms with van der Waals surface area (Å²) in [6.07, 6.45) is 3.48. The molecule has 1 aromatic carbocycles. The molecule has 3 rings (SSSR count). The van der Waals surface area contributed by atoms with E-state index in [1.807, 2.05) is 28.8 Å². The number of carbonyl (C=O) groups is 1. The van der Waals surface area contributed by atoms with Gasteiger partial charge < -0.3 is 5.32 Å². The third-order valence-electron chi connectivity index (χ3n) is 3.35. The van der Waals surface area contributed by atoms with Crippen molar-refractivity contribution < 1.29 is 18.0 Å². The van der Waals surface area contributed by atoms with Crippen LogP contribution in [0.25, 0.3) is 5.52 Å². The maximum atomic E-state index is 13.6. The molecular weight excluding hydrogens is 339 g/mol. The molecular formula is C16H12F3N3OS. The molecule has 2 heterocycles. The zero-order valence-corrected chi connectivity index (χ0v) is 13.3. The van der Waals surface area contributed by atoms with E-state index in [9.17, 15) is 18.0 Å². The number of carbonyl (C=O) groups excluding carboxylic acids is 1. The molecule has 4 nitrogen and oxygen atoms in total. The van der Waals surface area contributed by atoms with Crippen molar-refractivity contribution >= 4 is 28.9 Å². The molecule has 8 heteroatoms. The average Bonchev–Trinajstić information content (AvgIpc) is 2.98. The Hall–Kier alpha value is -2.48. The minimum Gasteiger partial charge on any atom is -0.323 e. The molecule has 0 aliphatic heterocycles. The van der Waals surface area contributed by atoms with Gasteiger partial charge in [-0.3, -0.25) is 9.20 Å². The molecule has 1 amide bonds. The SMILES string of the molecule is C[C@@H](Sc1ncc2ccccn12)C(=O)Nc1ccc(F)c(F)c1F. The van der Waals surface area contributed by atoms with Crippen LogP contribution in [-0.2, 0) is 4.79 Å². The van der Waals surface area contributed by atoms with Crippen LogP contribution < -0.4 is 5.32 Å². The number of pyridine rings is 1. The summed E-state index contributed by atoms with van der Waals surface area (Å²) in [5.41, 5.74) is 0.471. The first-order chi connectivity index (χ1) is 11.5. The van der Waals surface area contributed by atoms with Crippen molar-refractivity contribution in [2.24, 2.45) is 0 Å². The smallest absolute Gasteiger partial charge is 0.237 e. The van der Waals surface area contributed by atoms with Gasteiger partial charge in [0.25, 0.3) is 0 Å². The second-order valence-corrected chi connectivity index (χ2v) is 6.32. The Balaban J connectivity index is 1.75. The maximum Gasteiger partial charge on any atom is 0.237 e. The molecule has 0 saturated carbocycles. The monoisotopic (exact) mass is 351 g/mol. The van der Waals surface area contributed by atoms with Gasteiger partial charge in [0.1, 0.15) is 0 Å². The Labute approximate surface area is 139 Å². The van der Waals surface area contributed by atoms with E-state index in [0.717, 1.165) is 17.6 Å². The summed E-state index contributed by atoms with van der Waals surface area (Å²) in [6.45, 7) is 1.61. The van der Waals surface area contributed by atoms with Crippen LogP contribution in [0.5, 0.6) is 0 Å². The Morgan fingerprint density at radius 3 is 2.79 bits per heavy atom. The van der Waals surface area contributed by atoms with Crippen molar-refractivity contribution in [3.8, 4) is 0 Å². The second-order valence-electron chi connectivity index (χ2n) is 5.01. The fourth-order valence-electron chi connectivity index (χ4n) is 2.07. The maximum absolute atomic E-state index is 13.6. The number of hydrogen-bond acceptors (Lipinski definition) is 3. The molecule has 24 heavy (non-hydrogen) atoms. The van der Waals surface area contributed by atoms with E-state index in [4.69, 9.17) is 0 Å². The molecule has 124 valence electrons. The molecule has 3 aromatic rings. The lowest BCUT2D eigenvalue weighted by molar-refractivity contribution is -0.115. The van der Waals surface area contributed by atoms with E-state index in [-0.39, 0.29) is 0 Å². The second kappa shape index (κ2) is 6.56. The topological polar surface area (TPSA) is 46.4 Å². The van der Waals surface area contributed by atoms with Crippen molar-refractivity contribution in [1.82, 2.24) is 9.38 Å². The van der Waals surface area contributed by atoms with Gasteiger partial charge in [-0.1, -0.05) is 17.8 Å². The van der Waals surface area contributed by atoms with Gasteiger partial charge in [-0.2, -0.15) is 0 Å². The molecule has 1 N–H and O–H groups in total. The van der Waals surface area contributed by atoms with Crippen LogP contribution in [0.2, 0.25) is 0 Å². The zero-order valence-electron chi connectivity index (χ0n) is 12.5. The number of fused-ring (bicyclic) bond motifs is 1. The minimum absolute atomic E-state index is 0.403. The van der Waals surface area contributed by atoms with E-state index in [0.29, 0.717) is 5.16 Å². The lowest BCUT2D eigenvalue weighted by Gasteiger charge is -2.12. The van der Waals surface area contributed by atoms with E-state index in [1.165, 1.54) is 11.8 Å². The van der Waals surface area contributed by atoms with E-state index in [1.54, 1.807) is 13.1 Å². The van der Waals surface area contributed by atoms with Crippen LogP contribution in [0.4, 0.5) is 18.9 Å². The highest BCUT2D eigenvalue weighted by Crippen LogP contribution is 2.25. The van der Waals surface area contributed by atoms with Crippen molar-refractivity contribution in [1.29, 1.82) is 0 Å². The minimum atomic E-state index is -1.62. The van der Waals surface area contributed by atoms with E-state index in [2.05, 4.69) is 10.3 Å². The van der Waals surface area contributed by atoms with Crippen molar-refractivity contribution in [3.05, 3.63) is 60.2 Å². The largest absolute Gasteiger partial charge is 0.323 e. The summed E-state index contributed by atoms with van der Waals surface area (Å²) in [4.78, 5) is 16.4. The van der Waals surface area contributed by atoms with Gasteiger partial charge in [0.2, 0.25) is 5.91 Å². The van der Waals surface area contributed by atoms with Gasteiger partial charge in [-0.25, -0.2) is 18.2 Å². The van der Waals surface area contributed by atoms with E-state index < -0.39 is 34.3 Å². The lowest BCUT2D eigenvalue weighted by Crippen LogP contribution is -2.23. The molecule has 0 unspecified atom stereocenters. The fraction of sp³-hybridized carbons (Fsp3) is 0.125. The predicted octanol–water partition coefficient (Wildman–Crippen LogP) is 3.87. The van der Waals surface area contributed by atoms with Crippen LogP contribution in [0, 0.1) is 17.5 Å². The molecule has 0 radical (unpaired) electrons. The molecule has 0 aliphatic carbocycles. The third kappa shape index (κ3) is 3.09. The fourth-order valence-corrected chi connectivity index (χ4v) is 2.95. The molecule has 0 spiro atoms. The standard InChI is InChI=1S/C16H12F3N3OS/c1-9(24-16-20-8-10-4-2-3-7-22(10)16)15(23)21-12-6-5-11(17)13(18)14(12)19/h2-9H,1H3,(H,21,23)/t9-/m1/s1. The van der Waals surface area contributed by atoms with Crippen LogP contribution in [0.15, 0.2) is 47.9 Å². The zero-order chi connectivity index (χ0) is 17.3. The number of benzene rings is 1. The first-order valence-corrected chi connectivity index (χ1v) is 7.88. The summed E-state index contributed by atoms with van der Waals surface area (Å²) < 4.78 is 41.5. The van der Waals surface area contributed by atoms with Crippen LogP contribution in [0.1, 0.15) is 6.92 Å². The van der Waals surface area contributed by atoms with Crippen LogP contribution in [-0.4, -0.2) is 20.5 Å². The van der Waals surface area contributed by atoms with Crippen LogP contribution in [0.3, 0.4) is 0 Å². The number of thioether (sulfide) groups is 1. The molecule has 1 atom stereocenters. The molecule has 0 saturated heterocycles. The van der Waals surface area contributed by atoms with Crippen LogP contribution >= 0.6 is 11.8 Å². The Kier molecular flexibility index (Phi) is 4.48. The number of aromatic nitrogens is 2. The van der Waals surface area contributed by atoms with Gasteiger partial charge in [0, 0.05) is 6.20 Å². The number of hydrogen-bond donors (Lipinski definition) is 1. The normalized spacial score (nSPS) is 12.3. The summed E-state index contributed by atoms with van der Waals surface area (Å²) in [6, 6.07) is 7.31. The summed E-state index contributed by atoms with van der Waals surface area (Å²) >= 11 is 1.17. The molecule has 0 fully saturated rings. The highest BCUT2D eigenvalue weighted by Gasteiger charge is 2.20. The van der Waals surface area contributed by atoms with Gasteiger partial charge in [0.05, 0.1) is 22.7 Å². The van der Waals surface area contributed by atoms with Crippen molar-refractivity contribution in [2.45, 2.75) is 17.3 Å². The third-order valence-corrected chi connectivity index (χ3v) is 4.43. The summed E-state index contributed by atoms with van der Waals surface area (Å²) in [5.74, 6) is -4.89. The average molecular weight is 351 g/mol. The van der Waals surface area contributed by atoms with Gasteiger partial charge in [-0.15, -0.1) is 0 Å². The van der Waals surface area contributed by atoms with Gasteiger partial charge in [-0.05, 0) is 31.2 Å². The number of rotatable bonds is 4. The van der Waals surface area contributed by atoms with E-state index >= 15 is 0 Å². The highest BCUT2D eigenvalue weighted by molar-refractivity contribution is 8.00. The first-order valence-electron chi connectivity index (χ1n) is 7.00.